The summed E-state index contributed by atoms with van der Waals surface area (Å²) in [5.74, 6) is 0.584. The van der Waals surface area contributed by atoms with E-state index < -0.39 is 0 Å². The minimum atomic E-state index is -0.0345. The van der Waals surface area contributed by atoms with Crippen molar-refractivity contribution < 1.29 is 9.53 Å². The van der Waals surface area contributed by atoms with Crippen molar-refractivity contribution in [3.63, 3.8) is 0 Å². The Bertz CT molecular complexity index is 1280. The Hall–Kier alpha value is -3.61. The predicted octanol–water partition coefficient (Wildman–Crippen LogP) is 2.77. The maximum atomic E-state index is 13.1. The molecule has 3 heterocycles. The molecule has 4 aromatic rings. The standard InChI is InChI=1S/C24H21BN4O2/c1-16-7-8-22(20(25)12-16)31-15-19-13-21-24(30)28(10-11-29(21)27-19)14-18-5-2-4-17-6-3-9-26-23(17)18/h2-9,12-13H,10-11,14-15H2,1H3. The van der Waals surface area contributed by atoms with Crippen LogP contribution in [-0.4, -0.2) is 40.0 Å². The summed E-state index contributed by atoms with van der Waals surface area (Å²) in [6.45, 7) is 4.00. The zero-order valence-electron chi connectivity index (χ0n) is 17.3. The Balaban J connectivity index is 1.32. The third kappa shape index (κ3) is 3.79. The second-order valence-corrected chi connectivity index (χ2v) is 7.79. The van der Waals surface area contributed by atoms with Crippen LogP contribution in [0.5, 0.6) is 5.75 Å². The number of rotatable bonds is 5. The minimum Gasteiger partial charge on any atom is -0.488 e. The van der Waals surface area contributed by atoms with Crippen LogP contribution in [0.15, 0.2) is 60.8 Å². The molecule has 152 valence electrons. The quantitative estimate of drug-likeness (QED) is 0.477. The fourth-order valence-electron chi connectivity index (χ4n) is 3.96. The Morgan fingerprint density at radius 2 is 1.97 bits per heavy atom. The lowest BCUT2D eigenvalue weighted by atomic mass is 9.93. The molecule has 0 fully saturated rings. The number of amides is 1. The maximum Gasteiger partial charge on any atom is 0.272 e. The number of pyridine rings is 1. The van der Waals surface area contributed by atoms with Gasteiger partial charge in [-0.25, -0.2) is 0 Å². The third-order valence-electron chi connectivity index (χ3n) is 5.54. The van der Waals surface area contributed by atoms with Crippen LogP contribution in [0.3, 0.4) is 0 Å². The summed E-state index contributed by atoms with van der Waals surface area (Å²) in [6, 6.07) is 17.5. The van der Waals surface area contributed by atoms with Crippen LogP contribution in [0.25, 0.3) is 10.9 Å². The number of aromatic nitrogens is 3. The number of carbonyl (C=O) groups excluding carboxylic acids is 1. The van der Waals surface area contributed by atoms with Gasteiger partial charge in [0.2, 0.25) is 0 Å². The average Bonchev–Trinajstić information content (AvgIpc) is 3.19. The van der Waals surface area contributed by atoms with Crippen molar-refractivity contribution in [2.45, 2.75) is 26.6 Å². The average molecular weight is 408 g/mol. The van der Waals surface area contributed by atoms with Gasteiger partial charge in [0.05, 0.1) is 12.1 Å². The first kappa shape index (κ1) is 19.4. The molecule has 2 radical (unpaired) electrons. The molecule has 7 heteroatoms. The number of fused-ring (bicyclic) bond motifs is 2. The van der Waals surface area contributed by atoms with Gasteiger partial charge in [0.1, 0.15) is 31.6 Å². The molecule has 0 bridgehead atoms. The highest BCUT2D eigenvalue weighted by Gasteiger charge is 2.27. The van der Waals surface area contributed by atoms with Crippen LogP contribution >= 0.6 is 0 Å². The van der Waals surface area contributed by atoms with Gasteiger partial charge in [-0.05, 0) is 30.7 Å². The normalized spacial score (nSPS) is 13.5. The lowest BCUT2D eigenvalue weighted by molar-refractivity contribution is 0.0684. The molecule has 0 saturated heterocycles. The fraction of sp³-hybridized carbons (Fsp3) is 0.208. The van der Waals surface area contributed by atoms with E-state index in [2.05, 4.69) is 10.1 Å². The van der Waals surface area contributed by atoms with Gasteiger partial charge >= 0.3 is 0 Å². The lowest BCUT2D eigenvalue weighted by Crippen LogP contribution is -2.39. The lowest BCUT2D eigenvalue weighted by Gasteiger charge is -2.27. The Kier molecular flexibility index (Phi) is 4.94. The molecule has 0 spiro atoms. The van der Waals surface area contributed by atoms with Crippen molar-refractivity contribution in [3.8, 4) is 5.75 Å². The Labute approximate surface area is 181 Å². The van der Waals surface area contributed by atoms with Gasteiger partial charge in [-0.2, -0.15) is 5.10 Å². The van der Waals surface area contributed by atoms with Crippen LogP contribution in [0.2, 0.25) is 0 Å². The number of para-hydroxylation sites is 1. The highest BCUT2D eigenvalue weighted by Crippen LogP contribution is 2.21. The molecule has 1 aliphatic rings. The molecule has 5 rings (SSSR count). The van der Waals surface area contributed by atoms with E-state index in [1.165, 1.54) is 0 Å². The van der Waals surface area contributed by atoms with E-state index in [0.717, 1.165) is 22.0 Å². The van der Waals surface area contributed by atoms with Crippen molar-refractivity contribution in [1.82, 2.24) is 19.7 Å². The van der Waals surface area contributed by atoms with Crippen molar-refractivity contribution in [2.75, 3.05) is 6.54 Å². The molecule has 0 saturated carbocycles. The maximum absolute atomic E-state index is 13.1. The largest absolute Gasteiger partial charge is 0.488 e. The molecular weight excluding hydrogens is 387 g/mol. The summed E-state index contributed by atoms with van der Waals surface area (Å²) >= 11 is 0. The predicted molar refractivity (Wildman–Crippen MR) is 120 cm³/mol. The van der Waals surface area contributed by atoms with Crippen LogP contribution in [0, 0.1) is 6.92 Å². The first-order chi connectivity index (χ1) is 15.1. The number of hydrogen-bond acceptors (Lipinski definition) is 4. The van der Waals surface area contributed by atoms with E-state index in [9.17, 15) is 4.79 Å². The summed E-state index contributed by atoms with van der Waals surface area (Å²) < 4.78 is 7.59. The molecular formula is C24H21BN4O2. The number of benzene rings is 2. The number of nitrogens with zero attached hydrogens (tertiary/aromatic N) is 4. The molecule has 31 heavy (non-hydrogen) atoms. The second-order valence-electron chi connectivity index (χ2n) is 7.79. The first-order valence-corrected chi connectivity index (χ1v) is 10.3. The van der Waals surface area contributed by atoms with Crippen molar-refractivity contribution in [1.29, 1.82) is 0 Å². The van der Waals surface area contributed by atoms with Gasteiger partial charge in [-0.1, -0.05) is 47.4 Å². The van der Waals surface area contributed by atoms with E-state index in [4.69, 9.17) is 12.6 Å². The van der Waals surface area contributed by atoms with Gasteiger partial charge in [-0.15, -0.1) is 0 Å². The van der Waals surface area contributed by atoms with E-state index >= 15 is 0 Å². The SMILES string of the molecule is [B]c1cc(C)ccc1OCc1cc2n(n1)CCN(Cc1cccc3cccnc13)C2=O. The van der Waals surface area contributed by atoms with E-state index in [1.807, 2.05) is 60.4 Å². The van der Waals surface area contributed by atoms with Crippen LogP contribution < -0.4 is 10.2 Å². The van der Waals surface area contributed by atoms with Crippen molar-refractivity contribution in [3.05, 3.63) is 83.3 Å². The third-order valence-corrected chi connectivity index (χ3v) is 5.54. The van der Waals surface area contributed by atoms with Crippen molar-refractivity contribution >= 4 is 30.1 Å². The van der Waals surface area contributed by atoms with Crippen LogP contribution in [-0.2, 0) is 19.7 Å². The van der Waals surface area contributed by atoms with Crippen LogP contribution in [0.4, 0.5) is 0 Å². The Morgan fingerprint density at radius 3 is 2.84 bits per heavy atom. The smallest absolute Gasteiger partial charge is 0.272 e. The summed E-state index contributed by atoms with van der Waals surface area (Å²) in [5, 5.41) is 5.62. The minimum absolute atomic E-state index is 0.0345. The van der Waals surface area contributed by atoms with Gasteiger partial charge in [-0.3, -0.25) is 14.5 Å². The number of hydrogen-bond donors (Lipinski definition) is 0. The molecule has 2 aromatic carbocycles. The Morgan fingerprint density at radius 1 is 1.10 bits per heavy atom. The fourth-order valence-corrected chi connectivity index (χ4v) is 3.96. The highest BCUT2D eigenvalue weighted by molar-refractivity contribution is 6.34. The zero-order valence-corrected chi connectivity index (χ0v) is 17.3. The summed E-state index contributed by atoms with van der Waals surface area (Å²) in [4.78, 5) is 19.5. The zero-order chi connectivity index (χ0) is 21.4. The van der Waals surface area contributed by atoms with Gasteiger partial charge in [0.25, 0.3) is 5.91 Å². The molecule has 1 aliphatic heterocycles. The summed E-state index contributed by atoms with van der Waals surface area (Å²) in [6.07, 6.45) is 1.78. The first-order valence-electron chi connectivity index (χ1n) is 10.3. The van der Waals surface area contributed by atoms with Crippen LogP contribution in [0.1, 0.15) is 27.3 Å². The second kappa shape index (κ2) is 7.91. The van der Waals surface area contributed by atoms with Gasteiger partial charge in [0.15, 0.2) is 0 Å². The van der Waals surface area contributed by atoms with E-state index in [0.29, 0.717) is 42.2 Å². The summed E-state index contributed by atoms with van der Waals surface area (Å²) in [5.41, 5.74) is 4.93. The molecule has 0 atom stereocenters. The number of ether oxygens (including phenoxy) is 1. The van der Waals surface area contributed by atoms with Gasteiger partial charge < -0.3 is 9.64 Å². The molecule has 0 aliphatic carbocycles. The molecule has 2 aromatic heterocycles. The number of carbonyl (C=O) groups is 1. The van der Waals surface area contributed by atoms with Crippen molar-refractivity contribution in [2.24, 2.45) is 0 Å². The topological polar surface area (TPSA) is 60.2 Å². The summed E-state index contributed by atoms with van der Waals surface area (Å²) in [7, 11) is 6.02. The molecule has 1 amide bonds. The van der Waals surface area contributed by atoms with E-state index in [-0.39, 0.29) is 12.5 Å². The highest BCUT2D eigenvalue weighted by atomic mass is 16.5. The molecule has 0 N–H and O–H groups in total. The molecule has 6 nitrogen and oxygen atoms in total. The molecule has 0 unspecified atom stereocenters. The van der Waals surface area contributed by atoms with E-state index in [1.54, 1.807) is 16.9 Å². The number of aryl methyl sites for hydroxylation is 1. The monoisotopic (exact) mass is 408 g/mol. The van der Waals surface area contributed by atoms with Gasteiger partial charge in [0, 0.05) is 24.7 Å².